The van der Waals surface area contributed by atoms with Crippen molar-refractivity contribution in [2.45, 2.75) is 6.54 Å². The summed E-state index contributed by atoms with van der Waals surface area (Å²) in [4.78, 5) is 6.39. The van der Waals surface area contributed by atoms with Gasteiger partial charge in [0, 0.05) is 18.1 Å². The summed E-state index contributed by atoms with van der Waals surface area (Å²) in [5.41, 5.74) is 6.91. The number of aliphatic imine (C=N–C) groups is 1. The number of guanidine groups is 1. The summed E-state index contributed by atoms with van der Waals surface area (Å²) in [5, 5.41) is 0.728. The quantitative estimate of drug-likeness (QED) is 0.485. The molecule has 2 N–H and O–H groups in total. The molecule has 1 fully saturated rings. The van der Waals surface area contributed by atoms with Crippen LogP contribution in [0, 0.1) is 0 Å². The van der Waals surface area contributed by atoms with Crippen LogP contribution in [0.4, 0.5) is 0 Å². The molecule has 0 radical (unpaired) electrons. The summed E-state index contributed by atoms with van der Waals surface area (Å²) >= 11 is 6.05. The average Bonchev–Trinajstić information content (AvgIpc) is 2.38. The maximum atomic E-state index is 6.05. The van der Waals surface area contributed by atoms with Crippen molar-refractivity contribution < 1.29 is 4.74 Å². The van der Waals surface area contributed by atoms with Crippen LogP contribution in [0.15, 0.2) is 29.3 Å². The highest BCUT2D eigenvalue weighted by atomic mass is 127. The Kier molecular flexibility index (Phi) is 6.73. The van der Waals surface area contributed by atoms with Crippen molar-refractivity contribution in [3.8, 4) is 0 Å². The predicted octanol–water partition coefficient (Wildman–Crippen LogP) is 2.10. The molecule has 1 aliphatic heterocycles. The van der Waals surface area contributed by atoms with Crippen molar-refractivity contribution >= 4 is 41.5 Å². The van der Waals surface area contributed by atoms with Gasteiger partial charge in [-0.25, -0.2) is 4.99 Å². The number of halogens is 2. The van der Waals surface area contributed by atoms with Gasteiger partial charge in [-0.05, 0) is 11.6 Å². The van der Waals surface area contributed by atoms with Crippen LogP contribution in [-0.4, -0.2) is 37.2 Å². The molecule has 1 aromatic carbocycles. The predicted molar refractivity (Wildman–Crippen MR) is 84.6 cm³/mol. The maximum absolute atomic E-state index is 6.05. The van der Waals surface area contributed by atoms with Gasteiger partial charge in [0.05, 0.1) is 19.8 Å². The molecular formula is C12H17ClIN3O. The van der Waals surface area contributed by atoms with Gasteiger partial charge in [-0.15, -0.1) is 24.0 Å². The molecule has 1 aromatic rings. The lowest BCUT2D eigenvalue weighted by molar-refractivity contribution is 0.0674. The molecule has 1 heterocycles. The summed E-state index contributed by atoms with van der Waals surface area (Å²) in [5.74, 6) is 0.563. The zero-order valence-corrected chi connectivity index (χ0v) is 13.1. The fourth-order valence-corrected chi connectivity index (χ4v) is 1.88. The highest BCUT2D eigenvalue weighted by Gasteiger charge is 2.11. The topological polar surface area (TPSA) is 50.8 Å². The first-order valence-electron chi connectivity index (χ1n) is 5.63. The molecule has 1 saturated heterocycles. The van der Waals surface area contributed by atoms with E-state index in [1.54, 1.807) is 0 Å². The first kappa shape index (κ1) is 15.5. The molecule has 0 spiro atoms. The molecule has 0 saturated carbocycles. The van der Waals surface area contributed by atoms with Crippen LogP contribution >= 0.6 is 35.6 Å². The lowest BCUT2D eigenvalue weighted by atomic mass is 10.2. The summed E-state index contributed by atoms with van der Waals surface area (Å²) in [7, 11) is 0. The average molecular weight is 382 g/mol. The molecule has 0 bridgehead atoms. The van der Waals surface area contributed by atoms with Crippen molar-refractivity contribution in [1.29, 1.82) is 0 Å². The second kappa shape index (κ2) is 7.81. The van der Waals surface area contributed by atoms with Crippen LogP contribution in [0.5, 0.6) is 0 Å². The van der Waals surface area contributed by atoms with E-state index < -0.39 is 0 Å². The Labute approximate surface area is 129 Å². The van der Waals surface area contributed by atoms with Crippen LogP contribution in [0.2, 0.25) is 5.02 Å². The van der Waals surface area contributed by atoms with Gasteiger partial charge in [-0.3, -0.25) is 0 Å². The highest BCUT2D eigenvalue weighted by Crippen LogP contribution is 2.15. The molecule has 2 rings (SSSR count). The van der Waals surface area contributed by atoms with E-state index in [1.807, 2.05) is 29.2 Å². The third-order valence-corrected chi connectivity index (χ3v) is 3.07. The van der Waals surface area contributed by atoms with Gasteiger partial charge in [-0.1, -0.05) is 29.8 Å². The minimum absolute atomic E-state index is 0. The standard InChI is InChI=1S/C12H16ClN3O.HI/c13-11-4-2-1-3-10(11)9-15-12(14)16-5-7-17-8-6-16;/h1-4H,5-9H2,(H2,14,15);1H. The number of morpholine rings is 1. The smallest absolute Gasteiger partial charge is 0.191 e. The lowest BCUT2D eigenvalue weighted by Gasteiger charge is -2.27. The molecule has 0 atom stereocenters. The monoisotopic (exact) mass is 381 g/mol. The summed E-state index contributed by atoms with van der Waals surface area (Å²) in [6.07, 6.45) is 0. The maximum Gasteiger partial charge on any atom is 0.191 e. The molecule has 4 nitrogen and oxygen atoms in total. The molecule has 6 heteroatoms. The molecule has 1 aliphatic rings. The summed E-state index contributed by atoms with van der Waals surface area (Å²) < 4.78 is 5.26. The SMILES string of the molecule is I.NC(=NCc1ccccc1Cl)N1CCOCC1. The second-order valence-corrected chi connectivity index (χ2v) is 4.27. The normalized spacial score (nSPS) is 16.3. The van der Waals surface area contributed by atoms with E-state index in [0.717, 1.165) is 23.7 Å². The van der Waals surface area contributed by atoms with E-state index in [1.165, 1.54) is 0 Å². The first-order chi connectivity index (χ1) is 8.27. The Balaban J connectivity index is 0.00000162. The number of nitrogens with zero attached hydrogens (tertiary/aromatic N) is 2. The third-order valence-electron chi connectivity index (χ3n) is 2.70. The molecule has 0 aromatic heterocycles. The fourth-order valence-electron chi connectivity index (χ4n) is 1.69. The molecule has 100 valence electrons. The van der Waals surface area contributed by atoms with E-state index in [-0.39, 0.29) is 24.0 Å². The number of nitrogens with two attached hydrogens (primary N) is 1. The van der Waals surface area contributed by atoms with Gasteiger partial charge in [0.15, 0.2) is 5.96 Å². The van der Waals surface area contributed by atoms with E-state index in [4.69, 9.17) is 22.1 Å². The van der Waals surface area contributed by atoms with Crippen molar-refractivity contribution in [2.24, 2.45) is 10.7 Å². The van der Waals surface area contributed by atoms with E-state index in [2.05, 4.69) is 4.99 Å². The number of rotatable bonds is 2. The van der Waals surface area contributed by atoms with Gasteiger partial charge in [-0.2, -0.15) is 0 Å². The minimum Gasteiger partial charge on any atom is -0.378 e. The number of hydrogen-bond donors (Lipinski definition) is 1. The van der Waals surface area contributed by atoms with E-state index >= 15 is 0 Å². The van der Waals surface area contributed by atoms with Crippen LogP contribution < -0.4 is 5.73 Å². The number of hydrogen-bond acceptors (Lipinski definition) is 2. The van der Waals surface area contributed by atoms with Gasteiger partial charge in [0.1, 0.15) is 0 Å². The molecular weight excluding hydrogens is 365 g/mol. The summed E-state index contributed by atoms with van der Waals surface area (Å²) in [6, 6.07) is 7.66. The Morgan fingerprint density at radius 3 is 2.67 bits per heavy atom. The molecule has 18 heavy (non-hydrogen) atoms. The zero-order valence-electron chi connectivity index (χ0n) is 10.0. The largest absolute Gasteiger partial charge is 0.378 e. The van der Waals surface area contributed by atoms with E-state index in [9.17, 15) is 0 Å². The Hall–Kier alpha value is -0.530. The second-order valence-electron chi connectivity index (χ2n) is 3.87. The van der Waals surface area contributed by atoms with Crippen molar-refractivity contribution in [1.82, 2.24) is 4.90 Å². The summed E-state index contributed by atoms with van der Waals surface area (Å²) in [6.45, 7) is 3.54. The van der Waals surface area contributed by atoms with Gasteiger partial charge in [0.2, 0.25) is 0 Å². The molecule has 0 unspecified atom stereocenters. The Bertz CT molecular complexity index is 408. The Morgan fingerprint density at radius 2 is 2.00 bits per heavy atom. The number of benzene rings is 1. The van der Waals surface area contributed by atoms with Crippen LogP contribution in [0.25, 0.3) is 0 Å². The number of ether oxygens (including phenoxy) is 1. The fraction of sp³-hybridized carbons (Fsp3) is 0.417. The van der Waals surface area contributed by atoms with Crippen LogP contribution in [0.1, 0.15) is 5.56 Å². The van der Waals surface area contributed by atoms with Gasteiger partial charge in [0.25, 0.3) is 0 Å². The van der Waals surface area contributed by atoms with Gasteiger partial charge >= 0.3 is 0 Å². The zero-order chi connectivity index (χ0) is 12.1. The van der Waals surface area contributed by atoms with E-state index in [0.29, 0.717) is 25.7 Å². The van der Waals surface area contributed by atoms with Crippen LogP contribution in [0.3, 0.4) is 0 Å². The Morgan fingerprint density at radius 1 is 1.33 bits per heavy atom. The third kappa shape index (κ3) is 4.29. The molecule has 0 amide bonds. The lowest BCUT2D eigenvalue weighted by Crippen LogP contribution is -2.44. The van der Waals surface area contributed by atoms with Crippen molar-refractivity contribution in [3.05, 3.63) is 34.9 Å². The van der Waals surface area contributed by atoms with Gasteiger partial charge < -0.3 is 15.4 Å². The highest BCUT2D eigenvalue weighted by molar-refractivity contribution is 14.0. The first-order valence-corrected chi connectivity index (χ1v) is 6.01. The van der Waals surface area contributed by atoms with Crippen LogP contribution in [-0.2, 0) is 11.3 Å². The van der Waals surface area contributed by atoms with Crippen molar-refractivity contribution in [2.75, 3.05) is 26.3 Å². The molecule has 0 aliphatic carbocycles. The van der Waals surface area contributed by atoms with Crippen molar-refractivity contribution in [3.63, 3.8) is 0 Å². The minimum atomic E-state index is 0.